The van der Waals surface area contributed by atoms with Gasteiger partial charge in [0.25, 0.3) is 0 Å². The number of carbonyl (C=O) groups excluding carboxylic acids is 2. The molecule has 0 aromatic rings. The summed E-state index contributed by atoms with van der Waals surface area (Å²) in [6, 6.07) is -0.513. The van der Waals surface area contributed by atoms with Crippen LogP contribution in [0.5, 0.6) is 0 Å². The first-order valence-electron chi connectivity index (χ1n) is 5.48. The van der Waals surface area contributed by atoms with Crippen molar-refractivity contribution in [2.24, 2.45) is 5.73 Å². The Labute approximate surface area is 104 Å². The van der Waals surface area contributed by atoms with Gasteiger partial charge in [0, 0.05) is 0 Å². The Morgan fingerprint density at radius 1 is 1.44 bits per heavy atom. The number of thioether (sulfide) groups is 2. The highest BCUT2D eigenvalue weighted by molar-refractivity contribution is 8.18. The van der Waals surface area contributed by atoms with Crippen LogP contribution in [0.25, 0.3) is 0 Å². The molecular formula is C10H18N2O2S2. The molecule has 2 amide bonds. The van der Waals surface area contributed by atoms with Crippen LogP contribution in [0.1, 0.15) is 26.2 Å². The topological polar surface area (TPSA) is 72.2 Å². The third-order valence-corrected chi connectivity index (χ3v) is 5.18. The van der Waals surface area contributed by atoms with Gasteiger partial charge in [-0.3, -0.25) is 9.59 Å². The van der Waals surface area contributed by atoms with E-state index in [1.54, 1.807) is 23.5 Å². The van der Waals surface area contributed by atoms with Gasteiger partial charge in [0.2, 0.25) is 11.8 Å². The van der Waals surface area contributed by atoms with Crippen molar-refractivity contribution in [3.05, 3.63) is 0 Å². The second-order valence-electron chi connectivity index (χ2n) is 3.68. The van der Waals surface area contributed by atoms with E-state index in [1.165, 1.54) is 0 Å². The van der Waals surface area contributed by atoms with Crippen LogP contribution in [0.4, 0.5) is 0 Å². The summed E-state index contributed by atoms with van der Waals surface area (Å²) in [5.41, 5.74) is 5.23. The van der Waals surface area contributed by atoms with E-state index in [2.05, 4.69) is 5.32 Å². The molecule has 6 heteroatoms. The first-order valence-corrected chi connectivity index (χ1v) is 7.57. The third kappa shape index (κ3) is 4.25. The summed E-state index contributed by atoms with van der Waals surface area (Å²) in [5, 5.41) is 2.73. The maximum Gasteiger partial charge on any atom is 0.243 e. The molecule has 4 nitrogen and oxygen atoms in total. The fourth-order valence-electron chi connectivity index (χ4n) is 1.45. The predicted octanol–water partition coefficient (Wildman–Crippen LogP) is 0.953. The SMILES string of the molecule is CCCC(NC(=O)C1SCCCS1)C(N)=O. The molecule has 1 fully saturated rings. The normalized spacial score (nSPS) is 19.1. The highest BCUT2D eigenvalue weighted by Gasteiger charge is 2.25. The van der Waals surface area contributed by atoms with E-state index in [9.17, 15) is 9.59 Å². The van der Waals surface area contributed by atoms with Crippen molar-refractivity contribution in [3.63, 3.8) is 0 Å². The lowest BCUT2D eigenvalue weighted by atomic mass is 10.1. The van der Waals surface area contributed by atoms with Crippen LogP contribution in [-0.2, 0) is 9.59 Å². The predicted molar refractivity (Wildman–Crippen MR) is 69.4 cm³/mol. The summed E-state index contributed by atoms with van der Waals surface area (Å²) in [5.74, 6) is 1.52. The number of rotatable bonds is 5. The van der Waals surface area contributed by atoms with E-state index in [1.807, 2.05) is 6.92 Å². The molecular weight excluding hydrogens is 244 g/mol. The van der Waals surface area contributed by atoms with Crippen LogP contribution in [-0.4, -0.2) is 33.9 Å². The van der Waals surface area contributed by atoms with Gasteiger partial charge in [-0.15, -0.1) is 23.5 Å². The summed E-state index contributed by atoms with van der Waals surface area (Å²) < 4.78 is -0.0764. The summed E-state index contributed by atoms with van der Waals surface area (Å²) in [4.78, 5) is 22.9. The first-order chi connectivity index (χ1) is 7.65. The van der Waals surface area contributed by atoms with Gasteiger partial charge in [-0.05, 0) is 24.3 Å². The van der Waals surface area contributed by atoms with E-state index in [0.29, 0.717) is 6.42 Å². The standard InChI is InChI=1S/C10H18N2O2S2/c1-2-4-7(8(11)13)12-9(14)10-15-5-3-6-16-10/h7,10H,2-6H2,1H3,(H2,11,13)(H,12,14). The van der Waals surface area contributed by atoms with E-state index in [0.717, 1.165) is 24.3 Å². The van der Waals surface area contributed by atoms with Gasteiger partial charge >= 0.3 is 0 Å². The van der Waals surface area contributed by atoms with Gasteiger partial charge < -0.3 is 11.1 Å². The molecule has 1 atom stereocenters. The quantitative estimate of drug-likeness (QED) is 0.774. The Balaban J connectivity index is 2.43. The largest absolute Gasteiger partial charge is 0.368 e. The van der Waals surface area contributed by atoms with Crippen molar-refractivity contribution in [2.75, 3.05) is 11.5 Å². The van der Waals surface area contributed by atoms with Crippen molar-refractivity contribution < 1.29 is 9.59 Å². The molecule has 0 aromatic carbocycles. The fraction of sp³-hybridized carbons (Fsp3) is 0.800. The zero-order valence-corrected chi connectivity index (χ0v) is 11.0. The molecule has 0 bridgehead atoms. The number of primary amides is 1. The fourth-order valence-corrected chi connectivity index (χ4v) is 4.09. The van der Waals surface area contributed by atoms with Crippen LogP contribution in [0.15, 0.2) is 0 Å². The van der Waals surface area contributed by atoms with Gasteiger partial charge in [0.1, 0.15) is 10.6 Å². The summed E-state index contributed by atoms with van der Waals surface area (Å²) in [7, 11) is 0. The average Bonchev–Trinajstić information content (AvgIpc) is 2.29. The van der Waals surface area contributed by atoms with Crippen LogP contribution in [0, 0.1) is 0 Å². The molecule has 1 aliphatic rings. The number of hydrogen-bond donors (Lipinski definition) is 2. The van der Waals surface area contributed by atoms with E-state index in [4.69, 9.17) is 5.73 Å². The molecule has 92 valence electrons. The number of nitrogens with one attached hydrogen (secondary N) is 1. The molecule has 16 heavy (non-hydrogen) atoms. The number of hydrogen-bond acceptors (Lipinski definition) is 4. The molecule has 1 rings (SSSR count). The van der Waals surface area contributed by atoms with Crippen molar-refractivity contribution in [2.45, 2.75) is 36.8 Å². The Kier molecular flexibility index (Phi) is 6.05. The molecule has 0 saturated carbocycles. The Hall–Kier alpha value is -0.360. The third-order valence-electron chi connectivity index (χ3n) is 2.28. The molecule has 0 radical (unpaired) electrons. The lowest BCUT2D eigenvalue weighted by Gasteiger charge is -2.22. The molecule has 0 spiro atoms. The highest BCUT2D eigenvalue weighted by atomic mass is 32.2. The summed E-state index contributed by atoms with van der Waals surface area (Å²) >= 11 is 3.28. The van der Waals surface area contributed by atoms with Gasteiger partial charge in [-0.2, -0.15) is 0 Å². The maximum atomic E-state index is 11.8. The number of amides is 2. The van der Waals surface area contributed by atoms with Crippen LogP contribution >= 0.6 is 23.5 Å². The Morgan fingerprint density at radius 3 is 2.56 bits per heavy atom. The minimum absolute atomic E-state index is 0.0630. The zero-order chi connectivity index (χ0) is 12.0. The van der Waals surface area contributed by atoms with Crippen LogP contribution in [0.2, 0.25) is 0 Å². The lowest BCUT2D eigenvalue weighted by Crippen LogP contribution is -2.47. The molecule has 1 heterocycles. The van der Waals surface area contributed by atoms with Gasteiger partial charge in [-0.25, -0.2) is 0 Å². The van der Waals surface area contributed by atoms with E-state index < -0.39 is 11.9 Å². The summed E-state index contributed by atoms with van der Waals surface area (Å²) in [6.45, 7) is 1.96. The van der Waals surface area contributed by atoms with Crippen molar-refractivity contribution in [1.29, 1.82) is 0 Å². The molecule has 1 saturated heterocycles. The van der Waals surface area contributed by atoms with Gasteiger partial charge in [0.15, 0.2) is 0 Å². The molecule has 1 unspecified atom stereocenters. The van der Waals surface area contributed by atoms with Crippen molar-refractivity contribution in [1.82, 2.24) is 5.32 Å². The maximum absolute atomic E-state index is 11.8. The van der Waals surface area contributed by atoms with Crippen LogP contribution in [0.3, 0.4) is 0 Å². The van der Waals surface area contributed by atoms with Crippen molar-refractivity contribution >= 4 is 35.3 Å². The minimum Gasteiger partial charge on any atom is -0.368 e. The van der Waals surface area contributed by atoms with Gasteiger partial charge in [-0.1, -0.05) is 13.3 Å². The minimum atomic E-state index is -0.513. The Bertz CT molecular complexity index is 255. The smallest absolute Gasteiger partial charge is 0.243 e. The monoisotopic (exact) mass is 262 g/mol. The zero-order valence-electron chi connectivity index (χ0n) is 9.40. The Morgan fingerprint density at radius 2 is 2.06 bits per heavy atom. The molecule has 0 aliphatic carbocycles. The van der Waals surface area contributed by atoms with Crippen molar-refractivity contribution in [3.8, 4) is 0 Å². The number of carbonyl (C=O) groups is 2. The second-order valence-corrected chi connectivity index (χ2v) is 6.40. The van der Waals surface area contributed by atoms with Gasteiger partial charge in [0.05, 0.1) is 0 Å². The first kappa shape index (κ1) is 13.7. The molecule has 0 aromatic heterocycles. The number of nitrogens with two attached hydrogens (primary N) is 1. The molecule has 3 N–H and O–H groups in total. The highest BCUT2D eigenvalue weighted by Crippen LogP contribution is 2.30. The molecule has 1 aliphatic heterocycles. The van der Waals surface area contributed by atoms with Crippen LogP contribution < -0.4 is 11.1 Å². The summed E-state index contributed by atoms with van der Waals surface area (Å²) in [6.07, 6.45) is 2.59. The van der Waals surface area contributed by atoms with E-state index >= 15 is 0 Å². The average molecular weight is 262 g/mol. The lowest BCUT2D eigenvalue weighted by molar-refractivity contribution is -0.126. The van der Waals surface area contributed by atoms with E-state index in [-0.39, 0.29) is 10.5 Å². The second kappa shape index (κ2) is 7.06.